The second kappa shape index (κ2) is 8.73. The molecule has 0 amide bonds. The van der Waals surface area contributed by atoms with E-state index in [1.54, 1.807) is 6.08 Å². The van der Waals surface area contributed by atoms with Crippen molar-refractivity contribution in [1.29, 1.82) is 0 Å². The molecular weight excluding hydrogens is 358 g/mol. The lowest BCUT2D eigenvalue weighted by atomic mass is 9.84. The van der Waals surface area contributed by atoms with E-state index in [9.17, 15) is 4.79 Å². The molecule has 1 fully saturated rings. The summed E-state index contributed by atoms with van der Waals surface area (Å²) in [6.45, 7) is 3.04. The molecule has 0 saturated carbocycles. The van der Waals surface area contributed by atoms with Crippen LogP contribution in [-0.2, 0) is 16.0 Å². The normalized spacial score (nSPS) is 19.1. The molecule has 0 radical (unpaired) electrons. The van der Waals surface area contributed by atoms with Gasteiger partial charge in [-0.1, -0.05) is 60.7 Å². The summed E-state index contributed by atoms with van der Waals surface area (Å²) < 4.78 is 6.40. The van der Waals surface area contributed by atoms with E-state index in [2.05, 4.69) is 35.2 Å². The van der Waals surface area contributed by atoms with Crippen LogP contribution in [0.5, 0.6) is 0 Å². The van der Waals surface area contributed by atoms with Gasteiger partial charge in [-0.05, 0) is 12.0 Å². The number of rotatable bonds is 4. The molecule has 2 heterocycles. The van der Waals surface area contributed by atoms with Gasteiger partial charge in [0.2, 0.25) is 0 Å². The minimum atomic E-state index is -0.319. The fraction of sp³-hybridized carbons (Fsp3) is 0.348. The quantitative estimate of drug-likeness (QED) is 0.777. The van der Waals surface area contributed by atoms with Gasteiger partial charge in [-0.25, -0.2) is 0 Å². The first kappa shape index (κ1) is 19.7. The molecule has 0 bridgehead atoms. The van der Waals surface area contributed by atoms with Crippen LogP contribution in [0.2, 0.25) is 0 Å². The van der Waals surface area contributed by atoms with Gasteiger partial charge >= 0.3 is 0 Å². The lowest BCUT2D eigenvalue weighted by molar-refractivity contribution is -0.123. The van der Waals surface area contributed by atoms with Gasteiger partial charge in [0.15, 0.2) is 5.78 Å². The number of likely N-dealkylation sites (tertiary alicyclic amines) is 1. The van der Waals surface area contributed by atoms with Crippen molar-refractivity contribution < 1.29 is 9.53 Å². The molecule has 2 aromatic carbocycles. The van der Waals surface area contributed by atoms with Crippen LogP contribution < -0.4 is 0 Å². The molecule has 1 spiro atoms. The van der Waals surface area contributed by atoms with Crippen molar-refractivity contribution >= 4 is 23.9 Å². The number of carbonyl (C=O) groups is 1. The number of carbonyl (C=O) groups excluding carboxylic acids is 1. The van der Waals surface area contributed by atoms with Crippen molar-refractivity contribution in [2.45, 2.75) is 31.3 Å². The maximum absolute atomic E-state index is 12.3. The molecule has 0 atom stereocenters. The SMILES string of the molecule is Cl.O=C1C=C(c2ccccc2)OC2(CCN(CCc3ccccc3)CC2)C1. The highest BCUT2D eigenvalue weighted by Crippen LogP contribution is 2.38. The highest BCUT2D eigenvalue weighted by molar-refractivity contribution is 5.97. The van der Waals surface area contributed by atoms with Crippen LogP contribution in [0.4, 0.5) is 0 Å². The number of benzene rings is 2. The number of allylic oxidation sites excluding steroid dienone is 1. The molecule has 4 rings (SSSR count). The standard InChI is InChI=1S/C23H25NO2.ClH/c25-21-17-22(20-9-5-2-6-10-20)26-23(18-21)12-15-24(16-13-23)14-11-19-7-3-1-4-8-19;/h1-10,17H,11-16,18H2;1H. The molecule has 2 aliphatic rings. The molecule has 0 unspecified atom stereocenters. The molecule has 0 aromatic heterocycles. The second-order valence-electron chi connectivity index (χ2n) is 7.38. The van der Waals surface area contributed by atoms with Gasteiger partial charge < -0.3 is 9.64 Å². The fourth-order valence-electron chi connectivity index (χ4n) is 3.95. The third-order valence-electron chi connectivity index (χ3n) is 5.50. The Bertz CT molecular complexity index is 781. The Morgan fingerprint density at radius 3 is 2.22 bits per heavy atom. The Morgan fingerprint density at radius 2 is 1.56 bits per heavy atom. The number of piperidine rings is 1. The smallest absolute Gasteiger partial charge is 0.163 e. The average Bonchev–Trinajstić information content (AvgIpc) is 2.69. The van der Waals surface area contributed by atoms with Crippen LogP contribution in [0.1, 0.15) is 30.4 Å². The van der Waals surface area contributed by atoms with E-state index in [4.69, 9.17) is 4.74 Å². The lowest BCUT2D eigenvalue weighted by Gasteiger charge is -2.43. The topological polar surface area (TPSA) is 29.5 Å². The van der Waals surface area contributed by atoms with Crippen LogP contribution >= 0.6 is 12.4 Å². The second-order valence-corrected chi connectivity index (χ2v) is 7.38. The van der Waals surface area contributed by atoms with Gasteiger partial charge in [0.1, 0.15) is 11.4 Å². The van der Waals surface area contributed by atoms with Crippen molar-refractivity contribution in [3.8, 4) is 0 Å². The van der Waals surface area contributed by atoms with E-state index >= 15 is 0 Å². The van der Waals surface area contributed by atoms with E-state index < -0.39 is 0 Å². The summed E-state index contributed by atoms with van der Waals surface area (Å²) in [5.41, 5.74) is 2.05. The van der Waals surface area contributed by atoms with Crippen LogP contribution in [-0.4, -0.2) is 35.9 Å². The first-order valence-electron chi connectivity index (χ1n) is 9.48. The van der Waals surface area contributed by atoms with Gasteiger partial charge in [-0.15, -0.1) is 12.4 Å². The summed E-state index contributed by atoms with van der Waals surface area (Å²) in [7, 11) is 0. The summed E-state index contributed by atoms with van der Waals surface area (Å²) in [6.07, 6.45) is 5.08. The number of ether oxygens (including phenoxy) is 1. The van der Waals surface area contributed by atoms with E-state index in [1.807, 2.05) is 30.3 Å². The Balaban J connectivity index is 0.00000210. The number of halogens is 1. The zero-order valence-electron chi connectivity index (χ0n) is 15.5. The maximum Gasteiger partial charge on any atom is 0.163 e. The molecule has 27 heavy (non-hydrogen) atoms. The predicted octanol–water partition coefficient (Wildman–Crippen LogP) is 4.52. The fourth-order valence-corrected chi connectivity index (χ4v) is 3.95. The number of hydrogen-bond acceptors (Lipinski definition) is 3. The third-order valence-corrected chi connectivity index (χ3v) is 5.50. The van der Waals surface area contributed by atoms with Crippen molar-refractivity contribution in [2.24, 2.45) is 0 Å². The van der Waals surface area contributed by atoms with Crippen molar-refractivity contribution in [1.82, 2.24) is 4.90 Å². The van der Waals surface area contributed by atoms with Gasteiger partial charge in [-0.3, -0.25) is 4.79 Å². The van der Waals surface area contributed by atoms with Crippen molar-refractivity contribution in [3.05, 3.63) is 77.9 Å². The molecule has 3 nitrogen and oxygen atoms in total. The van der Waals surface area contributed by atoms with E-state index in [1.165, 1.54) is 5.56 Å². The molecule has 0 aliphatic carbocycles. The third kappa shape index (κ3) is 4.79. The van der Waals surface area contributed by atoms with Crippen LogP contribution in [0, 0.1) is 0 Å². The maximum atomic E-state index is 12.3. The van der Waals surface area contributed by atoms with Gasteiger partial charge in [-0.2, -0.15) is 0 Å². The minimum Gasteiger partial charge on any atom is -0.486 e. The van der Waals surface area contributed by atoms with Crippen molar-refractivity contribution in [3.63, 3.8) is 0 Å². The molecule has 0 N–H and O–H groups in total. The summed E-state index contributed by atoms with van der Waals surface area (Å²) >= 11 is 0. The summed E-state index contributed by atoms with van der Waals surface area (Å²) in [4.78, 5) is 14.8. The van der Waals surface area contributed by atoms with Crippen LogP contribution in [0.3, 0.4) is 0 Å². The zero-order valence-corrected chi connectivity index (χ0v) is 16.3. The van der Waals surface area contributed by atoms with Crippen LogP contribution in [0.15, 0.2) is 66.7 Å². The highest BCUT2D eigenvalue weighted by Gasteiger charge is 2.41. The van der Waals surface area contributed by atoms with E-state index in [0.717, 1.165) is 50.2 Å². The number of hydrogen-bond donors (Lipinski definition) is 0. The van der Waals surface area contributed by atoms with E-state index in [0.29, 0.717) is 6.42 Å². The van der Waals surface area contributed by atoms with Crippen LogP contribution in [0.25, 0.3) is 5.76 Å². The Labute approximate surface area is 167 Å². The Morgan fingerprint density at radius 1 is 0.926 bits per heavy atom. The molecule has 2 aliphatic heterocycles. The number of nitrogens with zero attached hydrogens (tertiary/aromatic N) is 1. The highest BCUT2D eigenvalue weighted by atomic mass is 35.5. The molecular formula is C23H26ClNO2. The lowest BCUT2D eigenvalue weighted by Crippen LogP contribution is -2.48. The zero-order chi connectivity index (χ0) is 17.8. The largest absolute Gasteiger partial charge is 0.486 e. The van der Waals surface area contributed by atoms with Gasteiger partial charge in [0.05, 0.1) is 6.42 Å². The summed E-state index contributed by atoms with van der Waals surface area (Å²) in [5.74, 6) is 0.924. The molecule has 142 valence electrons. The van der Waals surface area contributed by atoms with Crippen molar-refractivity contribution in [2.75, 3.05) is 19.6 Å². The minimum absolute atomic E-state index is 0. The van der Waals surface area contributed by atoms with Gasteiger partial charge in [0, 0.05) is 44.1 Å². The van der Waals surface area contributed by atoms with E-state index in [-0.39, 0.29) is 23.8 Å². The van der Waals surface area contributed by atoms with Gasteiger partial charge in [0.25, 0.3) is 0 Å². The Hall–Kier alpha value is -2.10. The summed E-state index contributed by atoms with van der Waals surface area (Å²) in [6, 6.07) is 20.6. The Kier molecular flexibility index (Phi) is 6.35. The summed E-state index contributed by atoms with van der Waals surface area (Å²) in [5, 5.41) is 0. The number of ketones is 1. The monoisotopic (exact) mass is 383 g/mol. The predicted molar refractivity (Wildman–Crippen MR) is 111 cm³/mol. The average molecular weight is 384 g/mol. The molecule has 4 heteroatoms. The molecule has 1 saturated heterocycles. The molecule has 2 aromatic rings. The first-order chi connectivity index (χ1) is 12.7. The first-order valence-corrected chi connectivity index (χ1v) is 9.48.